The van der Waals surface area contributed by atoms with Crippen LogP contribution >= 0.6 is 0 Å². The molecule has 1 aliphatic carbocycles. The molecule has 3 rings (SSSR count). The predicted molar refractivity (Wildman–Crippen MR) is 74.6 cm³/mol. The van der Waals surface area contributed by atoms with Crippen molar-refractivity contribution in [3.63, 3.8) is 0 Å². The summed E-state index contributed by atoms with van der Waals surface area (Å²) in [7, 11) is 1.70. The van der Waals surface area contributed by atoms with Gasteiger partial charge in [0.25, 0.3) is 0 Å². The normalized spacial score (nSPS) is 30.8. The Bertz CT molecular complexity index is 423. The predicted octanol–water partition coefficient (Wildman–Crippen LogP) is 3.10. The minimum atomic E-state index is 0.583. The molecule has 1 aliphatic heterocycles. The number of hydrogen-bond acceptors (Lipinski definition) is 2. The van der Waals surface area contributed by atoms with Gasteiger partial charge in [0.1, 0.15) is 5.75 Å². The molecule has 0 radical (unpaired) electrons. The standard InChI is InChI=1S/C16H21NO/c1-18-14-8-5-12(6-9-14)7-10-16-15-4-2-3-13(15)11-17-16/h5-10,13,15-17H,2-4,11H2,1H3/b10-7+. The van der Waals surface area contributed by atoms with Crippen molar-refractivity contribution in [3.8, 4) is 5.75 Å². The molecule has 1 N–H and O–H groups in total. The summed E-state index contributed by atoms with van der Waals surface area (Å²) in [6.45, 7) is 1.21. The molecular formula is C16H21NO. The van der Waals surface area contributed by atoms with E-state index in [1.54, 1.807) is 7.11 Å². The summed E-state index contributed by atoms with van der Waals surface area (Å²) >= 11 is 0. The average molecular weight is 243 g/mol. The van der Waals surface area contributed by atoms with Gasteiger partial charge in [-0.1, -0.05) is 30.7 Å². The Morgan fingerprint density at radius 3 is 2.83 bits per heavy atom. The lowest BCUT2D eigenvalue weighted by Crippen LogP contribution is -2.23. The van der Waals surface area contributed by atoms with E-state index >= 15 is 0 Å². The number of nitrogens with one attached hydrogen (secondary N) is 1. The van der Waals surface area contributed by atoms with Gasteiger partial charge in [0.15, 0.2) is 0 Å². The van der Waals surface area contributed by atoms with Crippen LogP contribution in [0.2, 0.25) is 0 Å². The summed E-state index contributed by atoms with van der Waals surface area (Å²) in [5, 5.41) is 3.64. The maximum atomic E-state index is 5.17. The number of ether oxygens (including phenoxy) is 1. The molecule has 0 bridgehead atoms. The van der Waals surface area contributed by atoms with E-state index in [-0.39, 0.29) is 0 Å². The Morgan fingerprint density at radius 1 is 1.22 bits per heavy atom. The third kappa shape index (κ3) is 2.30. The molecule has 3 unspecified atom stereocenters. The third-order valence-electron chi connectivity index (χ3n) is 4.41. The molecule has 1 aromatic rings. The van der Waals surface area contributed by atoms with Crippen LogP contribution in [0.5, 0.6) is 5.75 Å². The number of benzene rings is 1. The summed E-state index contributed by atoms with van der Waals surface area (Å²) in [6.07, 6.45) is 8.82. The van der Waals surface area contributed by atoms with Crippen LogP contribution in [0.4, 0.5) is 0 Å². The molecule has 0 amide bonds. The first kappa shape index (κ1) is 11.8. The van der Waals surface area contributed by atoms with Crippen LogP contribution in [0, 0.1) is 11.8 Å². The summed E-state index contributed by atoms with van der Waals surface area (Å²) < 4.78 is 5.17. The van der Waals surface area contributed by atoms with Crippen molar-refractivity contribution in [1.82, 2.24) is 5.32 Å². The molecule has 3 atom stereocenters. The number of rotatable bonds is 3. The Kier molecular flexibility index (Phi) is 3.37. The van der Waals surface area contributed by atoms with Crippen molar-refractivity contribution in [3.05, 3.63) is 35.9 Å². The maximum Gasteiger partial charge on any atom is 0.118 e. The van der Waals surface area contributed by atoms with E-state index in [4.69, 9.17) is 4.74 Å². The van der Waals surface area contributed by atoms with Crippen molar-refractivity contribution < 1.29 is 4.74 Å². The van der Waals surface area contributed by atoms with Gasteiger partial charge in [-0.05, 0) is 48.9 Å². The monoisotopic (exact) mass is 243 g/mol. The summed E-state index contributed by atoms with van der Waals surface area (Å²) in [5.41, 5.74) is 1.25. The van der Waals surface area contributed by atoms with Crippen molar-refractivity contribution >= 4 is 6.08 Å². The van der Waals surface area contributed by atoms with E-state index in [0.717, 1.165) is 17.6 Å². The van der Waals surface area contributed by atoms with Gasteiger partial charge in [0.05, 0.1) is 7.11 Å². The molecule has 2 aliphatic rings. The molecule has 1 saturated heterocycles. The van der Waals surface area contributed by atoms with Crippen molar-refractivity contribution in [2.24, 2.45) is 11.8 Å². The highest BCUT2D eigenvalue weighted by Gasteiger charge is 2.37. The molecule has 1 aromatic carbocycles. The molecule has 0 spiro atoms. The third-order valence-corrected chi connectivity index (χ3v) is 4.41. The Hall–Kier alpha value is -1.28. The fourth-order valence-electron chi connectivity index (χ4n) is 3.37. The van der Waals surface area contributed by atoms with Gasteiger partial charge in [-0.2, -0.15) is 0 Å². The largest absolute Gasteiger partial charge is 0.497 e. The van der Waals surface area contributed by atoms with Crippen LogP contribution in [-0.4, -0.2) is 19.7 Å². The maximum absolute atomic E-state index is 5.17. The lowest BCUT2D eigenvalue weighted by molar-refractivity contribution is 0.415. The molecule has 96 valence electrons. The van der Waals surface area contributed by atoms with Crippen LogP contribution in [0.25, 0.3) is 6.08 Å². The summed E-state index contributed by atoms with van der Waals surface area (Å²) in [5.74, 6) is 2.72. The zero-order valence-electron chi connectivity index (χ0n) is 10.9. The van der Waals surface area contributed by atoms with Gasteiger partial charge in [-0.15, -0.1) is 0 Å². The van der Waals surface area contributed by atoms with Crippen LogP contribution in [0.1, 0.15) is 24.8 Å². The summed E-state index contributed by atoms with van der Waals surface area (Å²) in [6, 6.07) is 8.83. The van der Waals surface area contributed by atoms with Crippen LogP contribution in [0.3, 0.4) is 0 Å². The molecule has 0 aromatic heterocycles. The van der Waals surface area contributed by atoms with Crippen LogP contribution in [0.15, 0.2) is 30.3 Å². The molecule has 1 heterocycles. The van der Waals surface area contributed by atoms with Crippen LogP contribution < -0.4 is 10.1 Å². The quantitative estimate of drug-likeness (QED) is 0.881. The van der Waals surface area contributed by atoms with Crippen LogP contribution in [-0.2, 0) is 0 Å². The molecule has 1 saturated carbocycles. The first-order valence-electron chi connectivity index (χ1n) is 6.92. The van der Waals surface area contributed by atoms with Crippen molar-refractivity contribution in [1.29, 1.82) is 0 Å². The van der Waals surface area contributed by atoms with Gasteiger partial charge in [0.2, 0.25) is 0 Å². The lowest BCUT2D eigenvalue weighted by atomic mass is 9.93. The number of fused-ring (bicyclic) bond motifs is 1. The molecular weight excluding hydrogens is 222 g/mol. The lowest BCUT2D eigenvalue weighted by Gasteiger charge is -2.13. The SMILES string of the molecule is COc1ccc(/C=C/C2NCC3CCCC32)cc1. The second kappa shape index (κ2) is 5.15. The van der Waals surface area contributed by atoms with E-state index in [0.29, 0.717) is 6.04 Å². The highest BCUT2D eigenvalue weighted by molar-refractivity contribution is 5.51. The minimum absolute atomic E-state index is 0.583. The van der Waals surface area contributed by atoms with Crippen molar-refractivity contribution in [2.75, 3.05) is 13.7 Å². The van der Waals surface area contributed by atoms with E-state index in [2.05, 4.69) is 29.6 Å². The fraction of sp³-hybridized carbons (Fsp3) is 0.500. The van der Waals surface area contributed by atoms with E-state index in [9.17, 15) is 0 Å². The fourth-order valence-corrected chi connectivity index (χ4v) is 3.37. The Balaban J connectivity index is 1.66. The topological polar surface area (TPSA) is 21.3 Å². The highest BCUT2D eigenvalue weighted by atomic mass is 16.5. The van der Waals surface area contributed by atoms with Gasteiger partial charge in [-0.3, -0.25) is 0 Å². The van der Waals surface area contributed by atoms with Gasteiger partial charge in [-0.25, -0.2) is 0 Å². The number of hydrogen-bond donors (Lipinski definition) is 1. The molecule has 2 nitrogen and oxygen atoms in total. The second-order valence-electron chi connectivity index (χ2n) is 5.42. The smallest absolute Gasteiger partial charge is 0.118 e. The zero-order valence-corrected chi connectivity index (χ0v) is 10.9. The zero-order chi connectivity index (χ0) is 12.4. The van der Waals surface area contributed by atoms with Crippen molar-refractivity contribution in [2.45, 2.75) is 25.3 Å². The minimum Gasteiger partial charge on any atom is -0.497 e. The second-order valence-corrected chi connectivity index (χ2v) is 5.42. The summed E-state index contributed by atoms with van der Waals surface area (Å²) in [4.78, 5) is 0. The molecule has 2 fully saturated rings. The average Bonchev–Trinajstić information content (AvgIpc) is 3.00. The number of methoxy groups -OCH3 is 1. The van der Waals surface area contributed by atoms with E-state index in [1.165, 1.54) is 31.4 Å². The Labute approximate surface area is 109 Å². The van der Waals surface area contributed by atoms with E-state index in [1.807, 2.05) is 12.1 Å². The first-order valence-corrected chi connectivity index (χ1v) is 6.92. The Morgan fingerprint density at radius 2 is 2.06 bits per heavy atom. The highest BCUT2D eigenvalue weighted by Crippen LogP contribution is 2.38. The molecule has 2 heteroatoms. The van der Waals surface area contributed by atoms with Gasteiger partial charge >= 0.3 is 0 Å². The van der Waals surface area contributed by atoms with Gasteiger partial charge in [0, 0.05) is 6.04 Å². The van der Waals surface area contributed by atoms with Gasteiger partial charge < -0.3 is 10.1 Å². The molecule has 18 heavy (non-hydrogen) atoms. The first-order chi connectivity index (χ1) is 8.86. The van der Waals surface area contributed by atoms with E-state index < -0.39 is 0 Å².